The molecule has 8 nitrogen and oxygen atoms in total. The van der Waals surface area contributed by atoms with Gasteiger partial charge in [0.25, 0.3) is 0 Å². The average molecular weight is 486 g/mol. The van der Waals surface area contributed by atoms with E-state index in [-0.39, 0.29) is 12.3 Å². The van der Waals surface area contributed by atoms with Crippen LogP contribution in [-0.4, -0.2) is 39.6 Å². The molecule has 1 aliphatic rings. The van der Waals surface area contributed by atoms with Crippen molar-refractivity contribution in [3.63, 3.8) is 0 Å². The minimum Gasteiger partial charge on any atom is -0.465 e. The van der Waals surface area contributed by atoms with Gasteiger partial charge >= 0.3 is 5.97 Å². The SMILES string of the molecule is COC(=O)c1c(NC(=O)CCSc2nnc(CCc3ccccc3)n2N)sc2c1CCCC2. The second kappa shape index (κ2) is 10.8. The molecule has 0 saturated heterocycles. The van der Waals surface area contributed by atoms with E-state index < -0.39 is 5.97 Å². The molecule has 4 rings (SSSR count). The Balaban J connectivity index is 1.31. The number of hydrogen-bond acceptors (Lipinski definition) is 8. The van der Waals surface area contributed by atoms with Crippen LogP contribution in [0.3, 0.4) is 0 Å². The van der Waals surface area contributed by atoms with Crippen molar-refractivity contribution < 1.29 is 14.3 Å². The molecular weight excluding hydrogens is 458 g/mol. The van der Waals surface area contributed by atoms with Gasteiger partial charge in [0.05, 0.1) is 12.7 Å². The number of thiophene rings is 1. The van der Waals surface area contributed by atoms with Crippen molar-refractivity contribution in [2.75, 3.05) is 24.0 Å². The van der Waals surface area contributed by atoms with Crippen molar-refractivity contribution in [2.24, 2.45) is 0 Å². The number of rotatable bonds is 9. The third-order valence-corrected chi connectivity index (χ3v) is 7.74. The number of nitrogens with one attached hydrogen (secondary N) is 1. The maximum atomic E-state index is 12.6. The summed E-state index contributed by atoms with van der Waals surface area (Å²) in [5.41, 5.74) is 2.76. The van der Waals surface area contributed by atoms with Gasteiger partial charge in [-0.25, -0.2) is 9.47 Å². The van der Waals surface area contributed by atoms with Crippen molar-refractivity contribution >= 4 is 40.0 Å². The van der Waals surface area contributed by atoms with Crippen molar-refractivity contribution in [1.82, 2.24) is 14.9 Å². The molecular formula is C23H27N5O3S2. The Hall–Kier alpha value is -2.85. The first kappa shape index (κ1) is 23.3. The number of amides is 1. The largest absolute Gasteiger partial charge is 0.465 e. The number of nitrogen functional groups attached to an aromatic ring is 1. The Morgan fingerprint density at radius 1 is 1.18 bits per heavy atom. The number of anilines is 1. The summed E-state index contributed by atoms with van der Waals surface area (Å²) in [4.78, 5) is 26.1. The highest BCUT2D eigenvalue weighted by Crippen LogP contribution is 2.38. The molecule has 33 heavy (non-hydrogen) atoms. The van der Waals surface area contributed by atoms with Crippen LogP contribution in [0.15, 0.2) is 35.5 Å². The molecule has 3 N–H and O–H groups in total. The minimum atomic E-state index is -0.390. The van der Waals surface area contributed by atoms with Crippen LogP contribution < -0.4 is 11.2 Å². The third-order valence-electron chi connectivity index (χ3n) is 5.59. The van der Waals surface area contributed by atoms with Crippen molar-refractivity contribution in [2.45, 2.75) is 50.1 Å². The second-order valence-electron chi connectivity index (χ2n) is 7.81. The Labute approximate surface area is 200 Å². The number of thioether (sulfide) groups is 1. The van der Waals surface area contributed by atoms with Gasteiger partial charge in [-0.1, -0.05) is 42.1 Å². The van der Waals surface area contributed by atoms with E-state index >= 15 is 0 Å². The molecule has 1 amide bonds. The van der Waals surface area contributed by atoms with E-state index in [1.54, 1.807) is 0 Å². The molecule has 174 valence electrons. The van der Waals surface area contributed by atoms with Gasteiger partial charge in [0.15, 0.2) is 5.82 Å². The van der Waals surface area contributed by atoms with Gasteiger partial charge < -0.3 is 15.9 Å². The van der Waals surface area contributed by atoms with Crippen molar-refractivity contribution in [1.29, 1.82) is 0 Å². The molecule has 0 bridgehead atoms. The zero-order chi connectivity index (χ0) is 23.2. The molecule has 0 unspecified atom stereocenters. The fourth-order valence-electron chi connectivity index (χ4n) is 3.87. The minimum absolute atomic E-state index is 0.154. The number of fused-ring (bicyclic) bond motifs is 1. The Morgan fingerprint density at radius 2 is 1.97 bits per heavy atom. The van der Waals surface area contributed by atoms with Gasteiger partial charge in [0.2, 0.25) is 11.1 Å². The number of ether oxygens (including phenoxy) is 1. The van der Waals surface area contributed by atoms with E-state index in [2.05, 4.69) is 27.6 Å². The summed E-state index contributed by atoms with van der Waals surface area (Å²) in [6.07, 6.45) is 5.72. The van der Waals surface area contributed by atoms with E-state index in [9.17, 15) is 9.59 Å². The molecule has 0 atom stereocenters. The van der Waals surface area contributed by atoms with Crippen LogP contribution in [-0.2, 0) is 35.2 Å². The topological polar surface area (TPSA) is 112 Å². The first-order valence-electron chi connectivity index (χ1n) is 11.0. The average Bonchev–Trinajstić information content (AvgIpc) is 3.37. The van der Waals surface area contributed by atoms with Crippen LogP contribution in [0.25, 0.3) is 0 Å². The lowest BCUT2D eigenvalue weighted by atomic mass is 9.95. The predicted molar refractivity (Wildman–Crippen MR) is 130 cm³/mol. The van der Waals surface area contributed by atoms with Gasteiger partial charge in [-0.15, -0.1) is 21.5 Å². The van der Waals surface area contributed by atoms with E-state index in [1.807, 2.05) is 18.2 Å². The molecule has 1 aliphatic carbocycles. The first-order chi connectivity index (χ1) is 16.1. The smallest absolute Gasteiger partial charge is 0.341 e. The molecule has 0 aliphatic heterocycles. The Kier molecular flexibility index (Phi) is 7.66. The molecule has 2 aromatic heterocycles. The fraction of sp³-hybridized carbons (Fsp3) is 0.391. The third kappa shape index (κ3) is 5.56. The summed E-state index contributed by atoms with van der Waals surface area (Å²) in [7, 11) is 1.37. The molecule has 10 heteroatoms. The highest BCUT2D eigenvalue weighted by Gasteiger charge is 2.26. The zero-order valence-corrected chi connectivity index (χ0v) is 20.1. The molecule has 0 radical (unpaired) electrons. The van der Waals surface area contributed by atoms with Gasteiger partial charge in [-0.2, -0.15) is 0 Å². The highest BCUT2D eigenvalue weighted by atomic mass is 32.2. The highest BCUT2D eigenvalue weighted by molar-refractivity contribution is 7.99. The lowest BCUT2D eigenvalue weighted by molar-refractivity contribution is -0.115. The molecule has 1 aromatic carbocycles. The van der Waals surface area contributed by atoms with Gasteiger partial charge in [0.1, 0.15) is 5.00 Å². The van der Waals surface area contributed by atoms with E-state index in [4.69, 9.17) is 10.6 Å². The van der Waals surface area contributed by atoms with Gasteiger partial charge in [-0.3, -0.25) is 4.79 Å². The van der Waals surface area contributed by atoms with E-state index in [0.29, 0.717) is 33.7 Å². The molecule has 2 heterocycles. The quantitative estimate of drug-likeness (QED) is 0.270. The monoisotopic (exact) mass is 485 g/mol. The molecule has 0 spiro atoms. The Morgan fingerprint density at radius 3 is 2.76 bits per heavy atom. The number of esters is 1. The second-order valence-corrected chi connectivity index (χ2v) is 9.97. The summed E-state index contributed by atoms with van der Waals surface area (Å²) < 4.78 is 6.46. The zero-order valence-electron chi connectivity index (χ0n) is 18.5. The van der Waals surface area contributed by atoms with Crippen LogP contribution in [0.2, 0.25) is 0 Å². The normalized spacial score (nSPS) is 12.9. The number of aryl methyl sites for hydroxylation is 3. The summed E-state index contributed by atoms with van der Waals surface area (Å²) >= 11 is 2.87. The number of benzene rings is 1. The maximum absolute atomic E-state index is 12.6. The molecule has 0 fully saturated rings. The fourth-order valence-corrected chi connectivity index (χ4v) is 5.98. The predicted octanol–water partition coefficient (Wildman–Crippen LogP) is 3.62. The van der Waals surface area contributed by atoms with Crippen LogP contribution in [0.4, 0.5) is 5.00 Å². The van der Waals surface area contributed by atoms with Gasteiger partial charge in [0, 0.05) is 23.5 Å². The number of carbonyl (C=O) groups is 2. The Bertz CT molecular complexity index is 1130. The van der Waals surface area contributed by atoms with E-state index in [1.165, 1.54) is 45.3 Å². The lowest BCUT2D eigenvalue weighted by Gasteiger charge is -2.11. The van der Waals surface area contributed by atoms with E-state index in [0.717, 1.165) is 37.7 Å². The van der Waals surface area contributed by atoms with Crippen LogP contribution in [0.1, 0.15) is 51.4 Å². The number of carbonyl (C=O) groups excluding carboxylic acids is 2. The lowest BCUT2D eigenvalue weighted by Crippen LogP contribution is -2.16. The summed E-state index contributed by atoms with van der Waals surface area (Å²) in [5, 5.41) is 12.4. The van der Waals surface area contributed by atoms with Crippen molar-refractivity contribution in [3.8, 4) is 0 Å². The molecule has 3 aromatic rings. The summed E-state index contributed by atoms with van der Waals surface area (Å²) in [6.45, 7) is 0. The van der Waals surface area contributed by atoms with Crippen LogP contribution >= 0.6 is 23.1 Å². The number of aromatic nitrogens is 3. The number of nitrogens with zero attached hydrogens (tertiary/aromatic N) is 3. The van der Waals surface area contributed by atoms with Crippen LogP contribution in [0.5, 0.6) is 0 Å². The number of hydrogen-bond donors (Lipinski definition) is 2. The van der Waals surface area contributed by atoms with Crippen molar-refractivity contribution in [3.05, 3.63) is 57.7 Å². The van der Waals surface area contributed by atoms with Gasteiger partial charge in [-0.05, 0) is 43.2 Å². The number of methoxy groups -OCH3 is 1. The standard InChI is InChI=1S/C23H27N5O3S2/c1-31-22(30)20-16-9-5-6-10-17(16)33-21(20)25-19(29)13-14-32-23-27-26-18(28(23)24)12-11-15-7-3-2-4-8-15/h2-4,7-8H,5-6,9-14,24H2,1H3,(H,25,29). The number of nitrogens with two attached hydrogens (primary N) is 1. The molecule has 0 saturated carbocycles. The summed E-state index contributed by atoms with van der Waals surface area (Å²) in [6, 6.07) is 10.1. The maximum Gasteiger partial charge on any atom is 0.341 e. The summed E-state index contributed by atoms with van der Waals surface area (Å²) in [5.74, 6) is 6.81. The van der Waals surface area contributed by atoms with Crippen LogP contribution in [0, 0.1) is 0 Å². The first-order valence-corrected chi connectivity index (χ1v) is 12.8.